The highest BCUT2D eigenvalue weighted by atomic mass is 14.8. The van der Waals surface area contributed by atoms with Crippen molar-refractivity contribution in [1.82, 2.24) is 9.97 Å². The van der Waals surface area contributed by atoms with Gasteiger partial charge in [-0.05, 0) is 12.0 Å². The van der Waals surface area contributed by atoms with Gasteiger partial charge in [0.2, 0.25) is 0 Å². The van der Waals surface area contributed by atoms with Crippen molar-refractivity contribution in [3.05, 3.63) is 24.3 Å². The minimum atomic E-state index is 1.03. The SMILES string of the molecule is CCCc1[c]ncnc1. The molecule has 1 aromatic heterocycles. The Labute approximate surface area is 55.0 Å². The maximum absolute atomic E-state index is 3.86. The number of nitrogens with zero attached hydrogens (tertiary/aromatic N) is 2. The van der Waals surface area contributed by atoms with Gasteiger partial charge in [-0.1, -0.05) is 13.3 Å². The zero-order valence-corrected chi connectivity index (χ0v) is 5.46. The van der Waals surface area contributed by atoms with Crippen LogP contribution < -0.4 is 0 Å². The van der Waals surface area contributed by atoms with E-state index in [1.54, 1.807) is 6.20 Å². The lowest BCUT2D eigenvalue weighted by Crippen LogP contribution is -1.85. The van der Waals surface area contributed by atoms with Crippen molar-refractivity contribution in [3.8, 4) is 0 Å². The molecule has 1 rings (SSSR count). The first-order chi connectivity index (χ1) is 4.43. The molecule has 0 amide bonds. The first kappa shape index (κ1) is 6.20. The molecule has 0 unspecified atom stereocenters. The van der Waals surface area contributed by atoms with Gasteiger partial charge in [-0.2, -0.15) is 0 Å². The Hall–Kier alpha value is -0.920. The zero-order valence-electron chi connectivity index (χ0n) is 5.46. The van der Waals surface area contributed by atoms with Gasteiger partial charge < -0.3 is 0 Å². The fourth-order valence-corrected chi connectivity index (χ4v) is 0.687. The topological polar surface area (TPSA) is 25.8 Å². The van der Waals surface area contributed by atoms with Gasteiger partial charge in [0.15, 0.2) is 0 Å². The van der Waals surface area contributed by atoms with Crippen molar-refractivity contribution in [1.29, 1.82) is 0 Å². The smallest absolute Gasteiger partial charge is 0.116 e. The molecule has 0 atom stereocenters. The van der Waals surface area contributed by atoms with Crippen LogP contribution >= 0.6 is 0 Å². The molecule has 0 aliphatic carbocycles. The molecule has 1 aromatic rings. The summed E-state index contributed by atoms with van der Waals surface area (Å²) >= 11 is 0. The van der Waals surface area contributed by atoms with Crippen LogP contribution in [0.15, 0.2) is 12.5 Å². The van der Waals surface area contributed by atoms with E-state index >= 15 is 0 Å². The van der Waals surface area contributed by atoms with Crippen molar-refractivity contribution in [3.63, 3.8) is 0 Å². The lowest BCUT2D eigenvalue weighted by Gasteiger charge is -1.91. The Kier molecular flexibility index (Phi) is 2.19. The van der Waals surface area contributed by atoms with Crippen molar-refractivity contribution >= 4 is 0 Å². The lowest BCUT2D eigenvalue weighted by atomic mass is 10.2. The second-order valence-corrected chi connectivity index (χ2v) is 1.91. The van der Waals surface area contributed by atoms with E-state index in [9.17, 15) is 0 Å². The Morgan fingerprint density at radius 2 is 2.56 bits per heavy atom. The summed E-state index contributed by atoms with van der Waals surface area (Å²) in [4.78, 5) is 7.63. The predicted octanol–water partition coefficient (Wildman–Crippen LogP) is 1.23. The summed E-state index contributed by atoms with van der Waals surface area (Å²) in [5, 5.41) is 0. The van der Waals surface area contributed by atoms with Gasteiger partial charge in [-0.15, -0.1) is 0 Å². The van der Waals surface area contributed by atoms with Crippen LogP contribution in [0, 0.1) is 6.20 Å². The molecule has 47 valence electrons. The Morgan fingerprint density at radius 3 is 3.11 bits per heavy atom. The summed E-state index contributed by atoms with van der Waals surface area (Å²) in [5.41, 5.74) is 1.10. The number of aryl methyl sites for hydroxylation is 1. The fraction of sp³-hybridized carbons (Fsp3) is 0.429. The fourth-order valence-electron chi connectivity index (χ4n) is 0.687. The average molecular weight is 121 g/mol. The normalized spacial score (nSPS) is 9.44. The number of aromatic nitrogens is 2. The third kappa shape index (κ3) is 1.80. The van der Waals surface area contributed by atoms with Gasteiger partial charge in [0.05, 0.1) is 6.20 Å². The maximum atomic E-state index is 3.86. The van der Waals surface area contributed by atoms with Crippen molar-refractivity contribution in [2.75, 3.05) is 0 Å². The van der Waals surface area contributed by atoms with Crippen LogP contribution in [-0.2, 0) is 6.42 Å². The van der Waals surface area contributed by atoms with E-state index in [0.29, 0.717) is 0 Å². The summed E-state index contributed by atoms with van der Waals surface area (Å²) < 4.78 is 0. The van der Waals surface area contributed by atoms with Gasteiger partial charge >= 0.3 is 0 Å². The number of hydrogen-bond donors (Lipinski definition) is 0. The Morgan fingerprint density at radius 1 is 1.67 bits per heavy atom. The molecule has 0 aliphatic heterocycles. The van der Waals surface area contributed by atoms with Crippen LogP contribution in [0.1, 0.15) is 18.9 Å². The molecule has 1 radical (unpaired) electrons. The van der Waals surface area contributed by atoms with E-state index < -0.39 is 0 Å². The van der Waals surface area contributed by atoms with Crippen LogP contribution in [0.4, 0.5) is 0 Å². The minimum Gasteiger partial charge on any atom is -0.244 e. The molecule has 0 N–H and O–H groups in total. The van der Waals surface area contributed by atoms with Crippen LogP contribution in [0.3, 0.4) is 0 Å². The quantitative estimate of drug-likeness (QED) is 0.588. The van der Waals surface area contributed by atoms with E-state index in [4.69, 9.17) is 0 Å². The highest BCUT2D eigenvalue weighted by Gasteiger charge is 1.87. The highest BCUT2D eigenvalue weighted by molar-refractivity contribution is 4.99. The summed E-state index contributed by atoms with van der Waals surface area (Å²) in [5.74, 6) is 0. The maximum Gasteiger partial charge on any atom is 0.116 e. The molecular formula is C7H9N2. The molecule has 2 heteroatoms. The van der Waals surface area contributed by atoms with Crippen LogP contribution in [-0.4, -0.2) is 9.97 Å². The van der Waals surface area contributed by atoms with Crippen molar-refractivity contribution < 1.29 is 0 Å². The second kappa shape index (κ2) is 3.17. The summed E-state index contributed by atoms with van der Waals surface area (Å²) in [6.45, 7) is 2.13. The molecular weight excluding hydrogens is 112 g/mol. The van der Waals surface area contributed by atoms with Gasteiger partial charge in [0.1, 0.15) is 6.33 Å². The van der Waals surface area contributed by atoms with E-state index in [2.05, 4.69) is 23.1 Å². The van der Waals surface area contributed by atoms with E-state index in [1.807, 2.05) is 0 Å². The van der Waals surface area contributed by atoms with Crippen molar-refractivity contribution in [2.24, 2.45) is 0 Å². The molecule has 0 saturated heterocycles. The van der Waals surface area contributed by atoms with E-state index in [0.717, 1.165) is 18.4 Å². The molecule has 0 aliphatic rings. The first-order valence-electron chi connectivity index (χ1n) is 3.10. The summed E-state index contributed by atoms with van der Waals surface area (Å²) in [6.07, 6.45) is 8.32. The zero-order chi connectivity index (χ0) is 6.53. The molecule has 0 bridgehead atoms. The monoisotopic (exact) mass is 121 g/mol. The Bertz CT molecular complexity index is 160. The largest absolute Gasteiger partial charge is 0.244 e. The molecule has 0 saturated carbocycles. The standard InChI is InChI=1S/C7H9N2/c1-2-3-7-4-8-6-9-5-7/h4,6H,2-3H2,1H3. The molecule has 9 heavy (non-hydrogen) atoms. The van der Waals surface area contributed by atoms with Crippen LogP contribution in [0.2, 0.25) is 0 Å². The van der Waals surface area contributed by atoms with Crippen LogP contribution in [0.25, 0.3) is 0 Å². The van der Waals surface area contributed by atoms with Gasteiger partial charge in [-0.25, -0.2) is 9.97 Å². The molecule has 1 heterocycles. The van der Waals surface area contributed by atoms with Crippen LogP contribution in [0.5, 0.6) is 0 Å². The first-order valence-corrected chi connectivity index (χ1v) is 3.10. The van der Waals surface area contributed by atoms with E-state index in [-0.39, 0.29) is 0 Å². The van der Waals surface area contributed by atoms with Gasteiger partial charge in [-0.3, -0.25) is 0 Å². The summed E-state index contributed by atoms with van der Waals surface area (Å²) in [6, 6.07) is 0. The average Bonchev–Trinajstić information content (AvgIpc) is 1.91. The number of rotatable bonds is 2. The number of hydrogen-bond acceptors (Lipinski definition) is 2. The molecule has 2 nitrogen and oxygen atoms in total. The predicted molar refractivity (Wildman–Crippen MR) is 34.9 cm³/mol. The second-order valence-electron chi connectivity index (χ2n) is 1.91. The minimum absolute atomic E-state index is 1.03. The summed E-state index contributed by atoms with van der Waals surface area (Å²) in [7, 11) is 0. The third-order valence-corrected chi connectivity index (χ3v) is 1.08. The van der Waals surface area contributed by atoms with E-state index in [1.165, 1.54) is 6.33 Å². The molecule has 0 aromatic carbocycles. The Balaban J connectivity index is 2.61. The third-order valence-electron chi connectivity index (χ3n) is 1.08. The van der Waals surface area contributed by atoms with Gasteiger partial charge in [0.25, 0.3) is 0 Å². The lowest BCUT2D eigenvalue weighted by molar-refractivity contribution is 0.897. The molecule has 0 fully saturated rings. The highest BCUT2D eigenvalue weighted by Crippen LogP contribution is 1.95. The molecule has 0 spiro atoms. The van der Waals surface area contributed by atoms with Crippen molar-refractivity contribution in [2.45, 2.75) is 19.8 Å². The van der Waals surface area contributed by atoms with Gasteiger partial charge in [0, 0.05) is 6.20 Å².